The summed E-state index contributed by atoms with van der Waals surface area (Å²) in [7, 11) is 0. The van der Waals surface area contributed by atoms with Crippen molar-refractivity contribution in [2.45, 2.75) is 25.7 Å². The Morgan fingerprint density at radius 2 is 2.00 bits per heavy atom. The number of halogens is 2. The fraction of sp³-hybridized carbons (Fsp3) is 0.364. The van der Waals surface area contributed by atoms with Crippen molar-refractivity contribution < 1.29 is 13.6 Å². The van der Waals surface area contributed by atoms with Gasteiger partial charge >= 0.3 is 5.92 Å². The van der Waals surface area contributed by atoms with Crippen molar-refractivity contribution in [3.05, 3.63) is 29.3 Å². The molecule has 1 aromatic rings. The van der Waals surface area contributed by atoms with E-state index in [4.69, 9.17) is 0 Å². The summed E-state index contributed by atoms with van der Waals surface area (Å²) >= 11 is 0. The van der Waals surface area contributed by atoms with Gasteiger partial charge in [-0.05, 0) is 17.5 Å². The zero-order valence-electron chi connectivity index (χ0n) is 8.47. The van der Waals surface area contributed by atoms with Gasteiger partial charge in [-0.15, -0.1) is 0 Å². The number of hydrogen-bond acceptors (Lipinski definition) is 1. The second kappa shape index (κ2) is 3.02. The van der Waals surface area contributed by atoms with Gasteiger partial charge < -0.3 is 5.32 Å². The van der Waals surface area contributed by atoms with Gasteiger partial charge in [0.1, 0.15) is 0 Å². The quantitative estimate of drug-likeness (QED) is 0.760. The molecule has 0 fully saturated rings. The van der Waals surface area contributed by atoms with E-state index in [1.54, 1.807) is 12.1 Å². The second-order valence-electron chi connectivity index (χ2n) is 3.95. The van der Waals surface area contributed by atoms with Gasteiger partial charge in [0.2, 0.25) is 0 Å². The van der Waals surface area contributed by atoms with E-state index in [9.17, 15) is 13.6 Å². The summed E-state index contributed by atoms with van der Waals surface area (Å²) in [6.07, 6.45) is 0. The largest absolute Gasteiger partial charge is 0.352 e. The molecule has 0 radical (unpaired) electrons. The summed E-state index contributed by atoms with van der Waals surface area (Å²) in [6, 6.07) is 4.81. The lowest BCUT2D eigenvalue weighted by Gasteiger charge is -2.14. The SMILES string of the molecule is CC(C)c1cccc2c1C(F)(F)C(=O)N2. The molecule has 2 nitrogen and oxygen atoms in total. The Bertz CT molecular complexity index is 427. The Kier molecular flexibility index (Phi) is 2.03. The van der Waals surface area contributed by atoms with Crippen LogP contribution in [-0.4, -0.2) is 5.91 Å². The summed E-state index contributed by atoms with van der Waals surface area (Å²) in [4.78, 5) is 11.1. The van der Waals surface area contributed by atoms with Crippen molar-refractivity contribution >= 4 is 11.6 Å². The lowest BCUT2D eigenvalue weighted by molar-refractivity contribution is -0.139. The van der Waals surface area contributed by atoms with Crippen LogP contribution in [0.5, 0.6) is 0 Å². The molecule has 0 spiro atoms. The van der Waals surface area contributed by atoms with Gasteiger partial charge in [-0.3, -0.25) is 4.79 Å². The van der Waals surface area contributed by atoms with Gasteiger partial charge in [0.05, 0.1) is 11.3 Å². The molecule has 1 amide bonds. The third-order valence-electron chi connectivity index (χ3n) is 2.57. The third-order valence-corrected chi connectivity index (χ3v) is 2.57. The summed E-state index contributed by atoms with van der Waals surface area (Å²) in [5.74, 6) is -4.65. The summed E-state index contributed by atoms with van der Waals surface area (Å²) in [5.41, 5.74) is 0.594. The maximum Gasteiger partial charge on any atom is 0.352 e. The van der Waals surface area contributed by atoms with Crippen LogP contribution in [0.2, 0.25) is 0 Å². The number of hydrogen-bond donors (Lipinski definition) is 1. The van der Waals surface area contributed by atoms with E-state index in [0.717, 1.165) is 0 Å². The fourth-order valence-electron chi connectivity index (χ4n) is 1.82. The number of carbonyl (C=O) groups excluding carboxylic acids is 1. The first-order valence-corrected chi connectivity index (χ1v) is 4.77. The first kappa shape index (κ1) is 10.1. The van der Waals surface area contributed by atoms with Crippen molar-refractivity contribution in [3.63, 3.8) is 0 Å². The Morgan fingerprint density at radius 3 is 2.60 bits per heavy atom. The molecule has 0 saturated carbocycles. The van der Waals surface area contributed by atoms with E-state index in [1.165, 1.54) is 6.07 Å². The molecule has 15 heavy (non-hydrogen) atoms. The number of carbonyl (C=O) groups is 1. The molecule has 1 heterocycles. The number of alkyl halides is 2. The molecular formula is C11H11F2NO. The predicted octanol–water partition coefficient (Wildman–Crippen LogP) is 2.85. The monoisotopic (exact) mass is 211 g/mol. The minimum atomic E-state index is -3.39. The molecule has 0 aromatic heterocycles. The van der Waals surface area contributed by atoms with Crippen molar-refractivity contribution in [2.24, 2.45) is 0 Å². The number of fused-ring (bicyclic) bond motifs is 1. The first-order valence-electron chi connectivity index (χ1n) is 4.77. The van der Waals surface area contributed by atoms with Gasteiger partial charge in [-0.2, -0.15) is 8.78 Å². The lowest BCUT2D eigenvalue weighted by Crippen LogP contribution is -2.24. The Morgan fingerprint density at radius 1 is 1.33 bits per heavy atom. The maximum absolute atomic E-state index is 13.5. The molecular weight excluding hydrogens is 200 g/mol. The summed E-state index contributed by atoms with van der Waals surface area (Å²) in [5, 5.41) is 2.19. The molecule has 1 aliphatic rings. The Balaban J connectivity index is 2.67. The summed E-state index contributed by atoms with van der Waals surface area (Å²) < 4.78 is 27.1. The van der Waals surface area contributed by atoms with E-state index >= 15 is 0 Å². The molecule has 0 atom stereocenters. The zero-order chi connectivity index (χ0) is 11.2. The average Bonchev–Trinajstić information content (AvgIpc) is 2.38. The van der Waals surface area contributed by atoms with Crippen molar-refractivity contribution in [2.75, 3.05) is 5.32 Å². The maximum atomic E-state index is 13.5. The summed E-state index contributed by atoms with van der Waals surface area (Å²) in [6.45, 7) is 3.66. The number of anilines is 1. The second-order valence-corrected chi connectivity index (χ2v) is 3.95. The van der Waals surface area contributed by atoms with Crippen LogP contribution in [0.3, 0.4) is 0 Å². The smallest absolute Gasteiger partial charge is 0.320 e. The zero-order valence-corrected chi connectivity index (χ0v) is 8.47. The van der Waals surface area contributed by atoms with Crippen LogP contribution in [0.15, 0.2) is 18.2 Å². The van der Waals surface area contributed by atoms with Crippen LogP contribution in [0.25, 0.3) is 0 Å². The molecule has 80 valence electrons. The number of rotatable bonds is 1. The lowest BCUT2D eigenvalue weighted by atomic mass is 9.94. The Hall–Kier alpha value is -1.45. The van der Waals surface area contributed by atoms with Gasteiger partial charge in [-0.25, -0.2) is 0 Å². The number of amides is 1. The molecule has 0 bridgehead atoms. The predicted molar refractivity (Wildman–Crippen MR) is 53.1 cm³/mol. The van der Waals surface area contributed by atoms with E-state index in [0.29, 0.717) is 5.56 Å². The van der Waals surface area contributed by atoms with Crippen LogP contribution in [0.1, 0.15) is 30.9 Å². The van der Waals surface area contributed by atoms with Crippen LogP contribution in [-0.2, 0) is 10.7 Å². The molecule has 0 saturated heterocycles. The number of nitrogens with one attached hydrogen (secondary N) is 1. The van der Waals surface area contributed by atoms with Crippen molar-refractivity contribution in [1.82, 2.24) is 0 Å². The van der Waals surface area contributed by atoms with Crippen LogP contribution >= 0.6 is 0 Å². The highest BCUT2D eigenvalue weighted by Crippen LogP contribution is 2.44. The standard InChI is InChI=1S/C11H11F2NO/c1-6(2)7-4-3-5-8-9(7)11(12,13)10(15)14-8/h3-6H,1-2H3,(H,14,15). The van der Waals surface area contributed by atoms with Crippen LogP contribution in [0, 0.1) is 0 Å². The van der Waals surface area contributed by atoms with Crippen molar-refractivity contribution in [1.29, 1.82) is 0 Å². The van der Waals surface area contributed by atoms with E-state index in [1.807, 2.05) is 13.8 Å². The minimum absolute atomic E-state index is 0.0291. The van der Waals surface area contributed by atoms with Crippen LogP contribution < -0.4 is 5.32 Å². The third kappa shape index (κ3) is 1.32. The minimum Gasteiger partial charge on any atom is -0.320 e. The Labute approximate surface area is 86.3 Å². The molecule has 4 heteroatoms. The highest BCUT2D eigenvalue weighted by atomic mass is 19.3. The molecule has 2 rings (SSSR count). The topological polar surface area (TPSA) is 29.1 Å². The first-order chi connectivity index (χ1) is 6.94. The van der Waals surface area contributed by atoms with E-state index in [2.05, 4.69) is 5.32 Å². The van der Waals surface area contributed by atoms with Gasteiger partial charge in [0.15, 0.2) is 0 Å². The van der Waals surface area contributed by atoms with Crippen molar-refractivity contribution in [3.8, 4) is 0 Å². The molecule has 1 aromatic carbocycles. The molecule has 0 aliphatic carbocycles. The number of benzene rings is 1. The highest BCUT2D eigenvalue weighted by Gasteiger charge is 2.49. The molecule has 1 N–H and O–H groups in total. The average molecular weight is 211 g/mol. The van der Waals surface area contributed by atoms with Gasteiger partial charge in [-0.1, -0.05) is 26.0 Å². The molecule has 1 aliphatic heterocycles. The fourth-order valence-corrected chi connectivity index (χ4v) is 1.82. The normalized spacial score (nSPS) is 17.8. The van der Waals surface area contributed by atoms with E-state index < -0.39 is 11.8 Å². The van der Waals surface area contributed by atoms with Gasteiger partial charge in [0, 0.05) is 0 Å². The van der Waals surface area contributed by atoms with E-state index in [-0.39, 0.29) is 17.2 Å². The molecule has 0 unspecified atom stereocenters. The van der Waals surface area contributed by atoms with Crippen LogP contribution in [0.4, 0.5) is 14.5 Å². The van der Waals surface area contributed by atoms with Gasteiger partial charge in [0.25, 0.3) is 5.91 Å². The highest BCUT2D eigenvalue weighted by molar-refractivity contribution is 6.04.